The lowest BCUT2D eigenvalue weighted by atomic mass is 9.59. The topological polar surface area (TPSA) is 64.1 Å². The summed E-state index contributed by atoms with van der Waals surface area (Å²) in [5, 5.41) is 4.58. The molecule has 1 saturated carbocycles. The van der Waals surface area contributed by atoms with Crippen LogP contribution in [0.4, 0.5) is 5.69 Å². The Labute approximate surface area is 191 Å². The van der Waals surface area contributed by atoms with E-state index < -0.39 is 0 Å². The number of fused-ring (bicyclic) bond motifs is 1. The van der Waals surface area contributed by atoms with Crippen LogP contribution in [0.5, 0.6) is 5.75 Å². The van der Waals surface area contributed by atoms with Gasteiger partial charge in [0.05, 0.1) is 24.2 Å². The van der Waals surface area contributed by atoms with E-state index in [2.05, 4.69) is 15.3 Å². The quantitative estimate of drug-likeness (QED) is 0.395. The van der Waals surface area contributed by atoms with E-state index in [-0.39, 0.29) is 23.7 Å². The molecule has 0 radical (unpaired) electrons. The minimum atomic E-state index is -0.235. The van der Waals surface area contributed by atoms with Gasteiger partial charge in [-0.25, -0.2) is 4.98 Å². The first-order valence-electron chi connectivity index (χ1n) is 10.5. The number of aromatic nitrogens is 2. The van der Waals surface area contributed by atoms with Gasteiger partial charge >= 0.3 is 0 Å². The van der Waals surface area contributed by atoms with Crippen LogP contribution in [-0.2, 0) is 4.79 Å². The fourth-order valence-electron chi connectivity index (χ4n) is 4.62. The van der Waals surface area contributed by atoms with Crippen LogP contribution in [0.15, 0.2) is 79.1 Å². The second kappa shape index (κ2) is 8.60. The predicted octanol–water partition coefficient (Wildman–Crippen LogP) is 5.82. The number of nitrogens with one attached hydrogen (secondary N) is 1. The standard InChI is InChI=1S/C26H22ClN3O2/c1-32-19-9-7-16(8-10-19)20-15-21(18-11-13-28-23(27)14-18)24(20)26(31)30-22-6-2-4-17-5-3-12-29-25(17)22/h2-14,20-21,24H,15H2,1H3,(H,30,31)/t20-,21+,24+/m1/s1. The smallest absolute Gasteiger partial charge is 0.228 e. The Morgan fingerprint density at radius 3 is 2.53 bits per heavy atom. The summed E-state index contributed by atoms with van der Waals surface area (Å²) < 4.78 is 5.29. The van der Waals surface area contributed by atoms with Gasteiger partial charge in [-0.2, -0.15) is 0 Å². The molecule has 1 amide bonds. The number of carbonyl (C=O) groups is 1. The Hall–Kier alpha value is -3.44. The van der Waals surface area contributed by atoms with Crippen molar-refractivity contribution in [2.24, 2.45) is 5.92 Å². The number of carbonyl (C=O) groups excluding carboxylic acids is 1. The van der Waals surface area contributed by atoms with E-state index >= 15 is 0 Å². The summed E-state index contributed by atoms with van der Waals surface area (Å²) in [4.78, 5) is 22.2. The zero-order chi connectivity index (χ0) is 22.1. The van der Waals surface area contributed by atoms with Gasteiger partial charge in [0, 0.05) is 17.8 Å². The van der Waals surface area contributed by atoms with Crippen molar-refractivity contribution in [3.05, 3.63) is 95.4 Å². The van der Waals surface area contributed by atoms with Crippen molar-refractivity contribution < 1.29 is 9.53 Å². The number of halogens is 1. The second-order valence-corrected chi connectivity index (χ2v) is 8.42. The SMILES string of the molecule is COc1ccc([C@H]2C[C@@H](c3ccnc(Cl)c3)[C@H]2C(=O)Nc2cccc3cccnc23)cc1. The summed E-state index contributed by atoms with van der Waals surface area (Å²) in [6, 6.07) is 21.5. The number of hydrogen-bond acceptors (Lipinski definition) is 4. The number of pyridine rings is 2. The van der Waals surface area contributed by atoms with E-state index in [4.69, 9.17) is 16.3 Å². The molecule has 1 fully saturated rings. The Morgan fingerprint density at radius 2 is 1.75 bits per heavy atom. The lowest BCUT2D eigenvalue weighted by molar-refractivity contribution is -0.124. The summed E-state index contributed by atoms with van der Waals surface area (Å²) in [5.74, 6) is 0.702. The summed E-state index contributed by atoms with van der Waals surface area (Å²) in [5.41, 5.74) is 3.66. The molecule has 6 heteroatoms. The van der Waals surface area contributed by atoms with Crippen LogP contribution in [0, 0.1) is 5.92 Å². The van der Waals surface area contributed by atoms with E-state index in [0.717, 1.165) is 39.9 Å². The molecule has 4 aromatic rings. The van der Waals surface area contributed by atoms with Crippen LogP contribution in [0.25, 0.3) is 10.9 Å². The fourth-order valence-corrected chi connectivity index (χ4v) is 4.81. The number of anilines is 1. The largest absolute Gasteiger partial charge is 0.497 e. The zero-order valence-electron chi connectivity index (χ0n) is 17.5. The summed E-state index contributed by atoms with van der Waals surface area (Å²) >= 11 is 6.15. The van der Waals surface area contributed by atoms with Crippen LogP contribution in [0.3, 0.4) is 0 Å². The third-order valence-corrected chi connectivity index (χ3v) is 6.50. The number of rotatable bonds is 5. The molecule has 1 aliphatic carbocycles. The molecule has 3 atom stereocenters. The van der Waals surface area contributed by atoms with Gasteiger partial charge in [-0.1, -0.05) is 41.9 Å². The molecule has 5 rings (SSSR count). The lowest BCUT2D eigenvalue weighted by Gasteiger charge is -2.44. The van der Waals surface area contributed by atoms with E-state index in [1.54, 1.807) is 19.5 Å². The van der Waals surface area contributed by atoms with Crippen LogP contribution < -0.4 is 10.1 Å². The molecular weight excluding hydrogens is 422 g/mol. The second-order valence-electron chi connectivity index (χ2n) is 8.03. The molecule has 32 heavy (non-hydrogen) atoms. The molecule has 0 saturated heterocycles. The van der Waals surface area contributed by atoms with Crippen molar-refractivity contribution in [3.8, 4) is 5.75 Å². The van der Waals surface area contributed by atoms with Crippen LogP contribution in [0.1, 0.15) is 29.4 Å². The zero-order valence-corrected chi connectivity index (χ0v) is 18.3. The molecule has 160 valence electrons. The van der Waals surface area contributed by atoms with Crippen molar-refractivity contribution in [2.45, 2.75) is 18.3 Å². The van der Waals surface area contributed by atoms with Gasteiger partial charge in [-0.15, -0.1) is 0 Å². The first-order chi connectivity index (χ1) is 15.6. The fraction of sp³-hybridized carbons (Fsp3) is 0.192. The Morgan fingerprint density at radius 1 is 0.969 bits per heavy atom. The van der Waals surface area contributed by atoms with E-state index in [9.17, 15) is 4.79 Å². The van der Waals surface area contributed by atoms with Gasteiger partial charge in [0.1, 0.15) is 10.9 Å². The highest BCUT2D eigenvalue weighted by Gasteiger charge is 2.47. The van der Waals surface area contributed by atoms with Crippen molar-refractivity contribution >= 4 is 34.1 Å². The van der Waals surface area contributed by atoms with Gasteiger partial charge in [0.2, 0.25) is 5.91 Å². The highest BCUT2D eigenvalue weighted by Crippen LogP contribution is 2.53. The molecular formula is C26H22ClN3O2. The molecule has 0 spiro atoms. The third-order valence-electron chi connectivity index (χ3n) is 6.29. The van der Waals surface area contributed by atoms with Crippen LogP contribution in [0.2, 0.25) is 5.15 Å². The number of amides is 1. The maximum absolute atomic E-state index is 13.6. The molecule has 0 unspecified atom stereocenters. The predicted molar refractivity (Wildman–Crippen MR) is 126 cm³/mol. The van der Waals surface area contributed by atoms with Gasteiger partial charge < -0.3 is 10.1 Å². The average Bonchev–Trinajstić information content (AvgIpc) is 2.79. The first kappa shape index (κ1) is 20.5. The molecule has 0 bridgehead atoms. The molecule has 1 aliphatic rings. The molecule has 0 aliphatic heterocycles. The van der Waals surface area contributed by atoms with Gasteiger partial charge in [-0.05, 0) is 65.8 Å². The van der Waals surface area contributed by atoms with E-state index in [0.29, 0.717) is 5.15 Å². The number of para-hydroxylation sites is 1. The normalized spacial score (nSPS) is 19.9. The van der Waals surface area contributed by atoms with E-state index in [1.165, 1.54) is 0 Å². The minimum Gasteiger partial charge on any atom is -0.497 e. The molecule has 2 heterocycles. The number of benzene rings is 2. The average molecular weight is 444 g/mol. The first-order valence-corrected chi connectivity index (χ1v) is 10.9. The van der Waals surface area contributed by atoms with Crippen LogP contribution in [-0.4, -0.2) is 23.0 Å². The summed E-state index contributed by atoms with van der Waals surface area (Å²) in [7, 11) is 1.65. The molecule has 2 aromatic carbocycles. The number of nitrogens with zero attached hydrogens (tertiary/aromatic N) is 2. The summed E-state index contributed by atoms with van der Waals surface area (Å²) in [6.45, 7) is 0. The summed E-state index contributed by atoms with van der Waals surface area (Å²) in [6.07, 6.45) is 4.30. The molecule has 1 N–H and O–H groups in total. The monoisotopic (exact) mass is 443 g/mol. The number of ether oxygens (including phenoxy) is 1. The Bertz CT molecular complexity index is 1270. The van der Waals surface area contributed by atoms with Gasteiger partial charge in [-0.3, -0.25) is 9.78 Å². The van der Waals surface area contributed by atoms with Crippen molar-refractivity contribution in [1.29, 1.82) is 0 Å². The highest BCUT2D eigenvalue weighted by molar-refractivity contribution is 6.29. The Balaban J connectivity index is 1.48. The van der Waals surface area contributed by atoms with E-state index in [1.807, 2.05) is 66.7 Å². The molecule has 2 aromatic heterocycles. The maximum atomic E-state index is 13.6. The number of hydrogen-bond donors (Lipinski definition) is 1. The third kappa shape index (κ3) is 3.80. The molecule has 5 nitrogen and oxygen atoms in total. The van der Waals surface area contributed by atoms with Gasteiger partial charge in [0.25, 0.3) is 0 Å². The maximum Gasteiger partial charge on any atom is 0.228 e. The van der Waals surface area contributed by atoms with Crippen molar-refractivity contribution in [2.75, 3.05) is 12.4 Å². The van der Waals surface area contributed by atoms with Crippen LogP contribution >= 0.6 is 11.6 Å². The highest BCUT2D eigenvalue weighted by atomic mass is 35.5. The lowest BCUT2D eigenvalue weighted by Crippen LogP contribution is -2.42. The van der Waals surface area contributed by atoms with Crippen molar-refractivity contribution in [1.82, 2.24) is 9.97 Å². The number of methoxy groups -OCH3 is 1. The Kier molecular flexibility index (Phi) is 5.50. The van der Waals surface area contributed by atoms with Gasteiger partial charge in [0.15, 0.2) is 0 Å². The van der Waals surface area contributed by atoms with Crippen molar-refractivity contribution in [3.63, 3.8) is 0 Å². The minimum absolute atomic E-state index is 0.0202.